The van der Waals surface area contributed by atoms with Gasteiger partial charge in [-0.2, -0.15) is 0 Å². The lowest BCUT2D eigenvalue weighted by molar-refractivity contribution is -0.155. The number of carbonyl (C=O) groups is 2. The number of carbonyl (C=O) groups excluding carboxylic acids is 2. The van der Waals surface area contributed by atoms with Gasteiger partial charge in [-0.05, 0) is 38.8 Å². The van der Waals surface area contributed by atoms with Gasteiger partial charge in [0.25, 0.3) is 0 Å². The number of nitrogens with zero attached hydrogens (tertiary/aromatic N) is 1. The van der Waals surface area contributed by atoms with Gasteiger partial charge in [0.1, 0.15) is 12.4 Å². The van der Waals surface area contributed by atoms with E-state index in [4.69, 9.17) is 18.9 Å². The molecule has 0 spiro atoms. The molecule has 28 heavy (non-hydrogen) atoms. The highest BCUT2D eigenvalue weighted by atomic mass is 16.5. The Bertz CT molecular complexity index is 707. The molecule has 1 saturated heterocycles. The minimum atomic E-state index is -0.559. The molecule has 1 aromatic carbocycles. The van der Waals surface area contributed by atoms with Crippen LogP contribution in [0.2, 0.25) is 0 Å². The van der Waals surface area contributed by atoms with Crippen molar-refractivity contribution in [1.29, 1.82) is 0 Å². The zero-order valence-electron chi connectivity index (χ0n) is 16.9. The van der Waals surface area contributed by atoms with Gasteiger partial charge in [-0.1, -0.05) is 6.07 Å². The van der Waals surface area contributed by atoms with Crippen molar-refractivity contribution in [2.75, 3.05) is 46.7 Å². The number of benzene rings is 1. The Hall–Kier alpha value is -2.12. The second-order valence-corrected chi connectivity index (χ2v) is 7.32. The van der Waals surface area contributed by atoms with Crippen LogP contribution in [0.3, 0.4) is 0 Å². The normalized spacial score (nSPS) is 21.2. The number of ether oxygens (including phenoxy) is 4. The highest BCUT2D eigenvalue weighted by Crippen LogP contribution is 2.39. The molecule has 3 rings (SSSR count). The van der Waals surface area contributed by atoms with E-state index in [1.165, 1.54) is 0 Å². The summed E-state index contributed by atoms with van der Waals surface area (Å²) in [5.41, 5.74) is 0.780. The van der Waals surface area contributed by atoms with Crippen molar-refractivity contribution >= 4 is 11.9 Å². The van der Waals surface area contributed by atoms with Crippen LogP contribution in [0.15, 0.2) is 18.2 Å². The Morgan fingerprint density at radius 3 is 2.68 bits per heavy atom. The molecule has 0 aromatic heterocycles. The van der Waals surface area contributed by atoms with Crippen LogP contribution in [0.5, 0.6) is 5.75 Å². The molecule has 7 nitrogen and oxygen atoms in total. The number of methoxy groups -OCH3 is 1. The van der Waals surface area contributed by atoms with Crippen molar-refractivity contribution in [3.8, 4) is 5.75 Å². The van der Waals surface area contributed by atoms with E-state index in [9.17, 15) is 9.59 Å². The van der Waals surface area contributed by atoms with E-state index < -0.39 is 5.41 Å². The zero-order chi connectivity index (χ0) is 20.1. The van der Waals surface area contributed by atoms with Crippen molar-refractivity contribution in [3.05, 3.63) is 29.3 Å². The minimum absolute atomic E-state index is 0.0797. The molecule has 1 atom stereocenters. The van der Waals surface area contributed by atoms with Crippen molar-refractivity contribution in [3.63, 3.8) is 0 Å². The van der Waals surface area contributed by atoms with Gasteiger partial charge in [0.15, 0.2) is 0 Å². The molecule has 2 aliphatic rings. The monoisotopic (exact) mass is 391 g/mol. The summed E-state index contributed by atoms with van der Waals surface area (Å²) in [6, 6.07) is 5.12. The topological polar surface area (TPSA) is 74.3 Å². The molecular formula is C21H29NO6. The summed E-state index contributed by atoms with van der Waals surface area (Å²) >= 11 is 0. The maximum absolute atomic E-state index is 13.6. The smallest absolute Gasteiger partial charge is 0.338 e. The van der Waals surface area contributed by atoms with E-state index >= 15 is 0 Å². The highest BCUT2D eigenvalue weighted by molar-refractivity contribution is 5.90. The first-order valence-electron chi connectivity index (χ1n) is 9.84. The van der Waals surface area contributed by atoms with Crippen molar-refractivity contribution < 1.29 is 28.5 Å². The molecule has 0 radical (unpaired) electrons. The molecule has 0 saturated carbocycles. The summed E-state index contributed by atoms with van der Waals surface area (Å²) in [7, 11) is 1.63. The van der Waals surface area contributed by atoms with Crippen molar-refractivity contribution in [2.24, 2.45) is 5.41 Å². The molecule has 154 valence electrons. The SMILES string of the molecule is CCOC(=O)c1ccc2c(c1)OCCN(C(=O)C1(COC)CCOCC1)[C@H]2C. The molecule has 2 aliphatic heterocycles. The molecular weight excluding hydrogens is 362 g/mol. The van der Waals surface area contributed by atoms with E-state index in [0.717, 1.165) is 5.56 Å². The van der Waals surface area contributed by atoms with Crippen LogP contribution in [0.1, 0.15) is 48.7 Å². The van der Waals surface area contributed by atoms with E-state index in [1.54, 1.807) is 26.2 Å². The molecule has 0 unspecified atom stereocenters. The van der Waals surface area contributed by atoms with Crippen LogP contribution in [0, 0.1) is 5.41 Å². The Morgan fingerprint density at radius 2 is 2.00 bits per heavy atom. The van der Waals surface area contributed by atoms with Crippen molar-refractivity contribution in [2.45, 2.75) is 32.7 Å². The molecule has 0 N–H and O–H groups in total. The summed E-state index contributed by atoms with van der Waals surface area (Å²) in [5, 5.41) is 0. The molecule has 7 heteroatoms. The molecule has 1 amide bonds. The first-order chi connectivity index (χ1) is 13.5. The number of hydrogen-bond acceptors (Lipinski definition) is 6. The fourth-order valence-electron chi connectivity index (χ4n) is 4.00. The van der Waals surface area contributed by atoms with Gasteiger partial charge in [-0.3, -0.25) is 4.79 Å². The van der Waals surface area contributed by atoms with Gasteiger partial charge >= 0.3 is 5.97 Å². The predicted molar refractivity (Wildman–Crippen MR) is 102 cm³/mol. The molecule has 1 fully saturated rings. The fraction of sp³-hybridized carbons (Fsp3) is 0.619. The lowest BCUT2D eigenvalue weighted by atomic mass is 9.79. The van der Waals surface area contributed by atoms with Crippen LogP contribution in [-0.2, 0) is 19.0 Å². The van der Waals surface area contributed by atoms with Crippen LogP contribution in [0.25, 0.3) is 0 Å². The maximum Gasteiger partial charge on any atom is 0.338 e. The number of fused-ring (bicyclic) bond motifs is 1. The van der Waals surface area contributed by atoms with Crippen LogP contribution in [-0.4, -0.2) is 63.5 Å². The number of amides is 1. The van der Waals surface area contributed by atoms with E-state index in [1.807, 2.05) is 17.9 Å². The average Bonchev–Trinajstić information content (AvgIpc) is 2.87. The third kappa shape index (κ3) is 4.00. The standard InChI is InChI=1S/C21H29NO6/c1-4-27-19(23)16-5-6-17-15(2)22(9-12-28-18(17)13-16)20(24)21(14-25-3)7-10-26-11-8-21/h5-6,13,15H,4,7-12,14H2,1-3H3/t15-/m0/s1. The number of esters is 1. The van der Waals surface area contributed by atoms with Crippen molar-refractivity contribution in [1.82, 2.24) is 4.90 Å². The Kier molecular flexibility index (Phi) is 6.57. The van der Waals surface area contributed by atoms with E-state index in [0.29, 0.717) is 63.7 Å². The minimum Gasteiger partial charge on any atom is -0.491 e. The summed E-state index contributed by atoms with van der Waals surface area (Å²) in [5.74, 6) is 0.331. The van der Waals surface area contributed by atoms with Gasteiger partial charge in [0.05, 0.1) is 36.8 Å². The van der Waals surface area contributed by atoms with Crippen LogP contribution >= 0.6 is 0 Å². The Labute approximate surface area is 165 Å². The van der Waals surface area contributed by atoms with Gasteiger partial charge in [0, 0.05) is 25.9 Å². The fourth-order valence-corrected chi connectivity index (χ4v) is 4.00. The van der Waals surface area contributed by atoms with E-state index in [2.05, 4.69) is 0 Å². The third-order valence-corrected chi connectivity index (χ3v) is 5.62. The molecule has 2 heterocycles. The largest absolute Gasteiger partial charge is 0.491 e. The summed E-state index contributed by atoms with van der Waals surface area (Å²) < 4.78 is 21.9. The van der Waals surface area contributed by atoms with Gasteiger partial charge in [-0.25, -0.2) is 4.79 Å². The second-order valence-electron chi connectivity index (χ2n) is 7.32. The van der Waals surface area contributed by atoms with Gasteiger partial charge < -0.3 is 23.8 Å². The zero-order valence-corrected chi connectivity index (χ0v) is 16.9. The van der Waals surface area contributed by atoms with Gasteiger partial charge in [0.2, 0.25) is 5.91 Å². The highest BCUT2D eigenvalue weighted by Gasteiger charge is 2.44. The first-order valence-corrected chi connectivity index (χ1v) is 9.84. The lowest BCUT2D eigenvalue weighted by Gasteiger charge is -2.40. The van der Waals surface area contributed by atoms with Crippen LogP contribution < -0.4 is 4.74 Å². The first kappa shape index (κ1) is 20.6. The summed E-state index contributed by atoms with van der Waals surface area (Å²) in [6.45, 7) is 6.45. The van der Waals surface area contributed by atoms with Crippen LogP contribution in [0.4, 0.5) is 0 Å². The molecule has 0 aliphatic carbocycles. The Morgan fingerprint density at radius 1 is 1.25 bits per heavy atom. The molecule has 0 bridgehead atoms. The van der Waals surface area contributed by atoms with E-state index in [-0.39, 0.29) is 17.9 Å². The summed E-state index contributed by atoms with van der Waals surface area (Å²) in [6.07, 6.45) is 1.30. The van der Waals surface area contributed by atoms with Gasteiger partial charge in [-0.15, -0.1) is 0 Å². The summed E-state index contributed by atoms with van der Waals surface area (Å²) in [4.78, 5) is 27.5. The quantitative estimate of drug-likeness (QED) is 0.719. The lowest BCUT2D eigenvalue weighted by Crippen LogP contribution is -2.50. The third-order valence-electron chi connectivity index (χ3n) is 5.62. The maximum atomic E-state index is 13.6. The average molecular weight is 391 g/mol. The second kappa shape index (κ2) is 8.92. The predicted octanol–water partition coefficient (Wildman–Crippen LogP) is 2.59. The Balaban J connectivity index is 1.87. The molecule has 1 aromatic rings. The number of hydrogen-bond donors (Lipinski definition) is 0. The number of rotatable bonds is 5.